The van der Waals surface area contributed by atoms with Crippen LogP contribution in [0.4, 0.5) is 0 Å². The molecule has 1 fully saturated rings. The van der Waals surface area contributed by atoms with Gasteiger partial charge in [0.1, 0.15) is 5.75 Å². The molecule has 1 aromatic rings. The van der Waals surface area contributed by atoms with Crippen molar-refractivity contribution in [2.24, 2.45) is 0 Å². The molecule has 0 amide bonds. The highest BCUT2D eigenvalue weighted by Crippen LogP contribution is 2.18. The summed E-state index contributed by atoms with van der Waals surface area (Å²) in [6, 6.07) is 8.68. The summed E-state index contributed by atoms with van der Waals surface area (Å²) < 4.78 is 5.24. The number of ether oxygens (including phenoxy) is 1. The van der Waals surface area contributed by atoms with Crippen molar-refractivity contribution in [2.45, 2.75) is 38.1 Å². The standard InChI is InChI=1S/C16H25NO2/c1-19-16-9-4-6-14(12-16)7-5-11-17-10-3-2-8-15(17)13-18/h4,6,9,12,15,18H,2-3,5,7-8,10-11,13H2,1H3/t15-/m1/s1. The van der Waals surface area contributed by atoms with Gasteiger partial charge in [-0.2, -0.15) is 0 Å². The van der Waals surface area contributed by atoms with Gasteiger partial charge in [0.05, 0.1) is 13.7 Å². The van der Waals surface area contributed by atoms with Gasteiger partial charge >= 0.3 is 0 Å². The molecule has 0 aromatic heterocycles. The largest absolute Gasteiger partial charge is 0.497 e. The van der Waals surface area contributed by atoms with Gasteiger partial charge in [0, 0.05) is 6.04 Å². The van der Waals surface area contributed by atoms with Crippen molar-refractivity contribution in [1.82, 2.24) is 4.90 Å². The number of hydrogen-bond donors (Lipinski definition) is 1. The van der Waals surface area contributed by atoms with Crippen LogP contribution in [-0.4, -0.2) is 42.9 Å². The highest BCUT2D eigenvalue weighted by molar-refractivity contribution is 5.28. The highest BCUT2D eigenvalue weighted by Gasteiger charge is 2.20. The Morgan fingerprint density at radius 1 is 1.37 bits per heavy atom. The van der Waals surface area contributed by atoms with Gasteiger partial charge in [-0.1, -0.05) is 18.6 Å². The van der Waals surface area contributed by atoms with Gasteiger partial charge in [-0.05, 0) is 56.5 Å². The summed E-state index contributed by atoms with van der Waals surface area (Å²) in [6.07, 6.45) is 5.90. The molecule has 3 nitrogen and oxygen atoms in total. The number of hydrogen-bond acceptors (Lipinski definition) is 3. The zero-order valence-corrected chi connectivity index (χ0v) is 11.8. The van der Waals surface area contributed by atoms with Gasteiger partial charge in [0.15, 0.2) is 0 Å². The molecule has 3 heteroatoms. The molecule has 0 aliphatic carbocycles. The Labute approximate surface area is 116 Å². The lowest BCUT2D eigenvalue weighted by molar-refractivity contribution is 0.0893. The molecule has 1 heterocycles. The van der Waals surface area contributed by atoms with Crippen LogP contribution in [0, 0.1) is 0 Å². The number of likely N-dealkylation sites (tertiary alicyclic amines) is 1. The number of benzene rings is 1. The van der Waals surface area contributed by atoms with E-state index in [-0.39, 0.29) is 0 Å². The molecular weight excluding hydrogens is 238 g/mol. The quantitative estimate of drug-likeness (QED) is 0.856. The summed E-state index contributed by atoms with van der Waals surface area (Å²) in [5.41, 5.74) is 1.33. The van der Waals surface area contributed by atoms with Crippen LogP contribution < -0.4 is 4.74 Å². The van der Waals surface area contributed by atoms with Crippen LogP contribution in [0.5, 0.6) is 5.75 Å². The second-order valence-electron chi connectivity index (χ2n) is 5.32. The fourth-order valence-corrected chi connectivity index (χ4v) is 2.88. The molecular formula is C16H25NO2. The molecule has 106 valence electrons. The number of nitrogens with zero attached hydrogens (tertiary/aromatic N) is 1. The average molecular weight is 263 g/mol. The van der Waals surface area contributed by atoms with Crippen LogP contribution in [0.15, 0.2) is 24.3 Å². The second kappa shape index (κ2) is 7.51. The first-order valence-corrected chi connectivity index (χ1v) is 7.31. The lowest BCUT2D eigenvalue weighted by Gasteiger charge is -2.34. The Kier molecular flexibility index (Phi) is 5.67. The molecule has 0 saturated carbocycles. The minimum Gasteiger partial charge on any atom is -0.497 e. The monoisotopic (exact) mass is 263 g/mol. The van der Waals surface area contributed by atoms with Gasteiger partial charge in [0.25, 0.3) is 0 Å². The predicted molar refractivity (Wildman–Crippen MR) is 77.6 cm³/mol. The lowest BCUT2D eigenvalue weighted by atomic mass is 10.0. The fraction of sp³-hybridized carbons (Fsp3) is 0.625. The predicted octanol–water partition coefficient (Wildman–Crippen LogP) is 2.47. The molecule has 0 bridgehead atoms. The molecule has 1 N–H and O–H groups in total. The van der Waals surface area contributed by atoms with E-state index in [1.165, 1.54) is 18.4 Å². The first-order chi connectivity index (χ1) is 9.33. The van der Waals surface area contributed by atoms with E-state index in [2.05, 4.69) is 17.0 Å². The molecule has 1 atom stereocenters. The first kappa shape index (κ1) is 14.4. The Hall–Kier alpha value is -1.06. The van der Waals surface area contributed by atoms with E-state index in [4.69, 9.17) is 4.74 Å². The third-order valence-corrected chi connectivity index (χ3v) is 4.00. The van der Waals surface area contributed by atoms with Gasteiger partial charge in [-0.25, -0.2) is 0 Å². The molecule has 0 radical (unpaired) electrons. The molecule has 2 rings (SSSR count). The van der Waals surface area contributed by atoms with E-state index in [0.29, 0.717) is 12.6 Å². The van der Waals surface area contributed by atoms with Gasteiger partial charge < -0.3 is 9.84 Å². The second-order valence-corrected chi connectivity index (χ2v) is 5.32. The van der Waals surface area contributed by atoms with Crippen molar-refractivity contribution >= 4 is 0 Å². The topological polar surface area (TPSA) is 32.7 Å². The van der Waals surface area contributed by atoms with E-state index in [1.54, 1.807) is 7.11 Å². The van der Waals surface area contributed by atoms with E-state index < -0.39 is 0 Å². The van der Waals surface area contributed by atoms with Crippen molar-refractivity contribution in [3.63, 3.8) is 0 Å². The summed E-state index contributed by atoms with van der Waals surface area (Å²) in [4.78, 5) is 2.45. The Balaban J connectivity index is 1.78. The molecule has 1 aliphatic heterocycles. The molecule has 1 aromatic carbocycles. The summed E-state index contributed by atoms with van der Waals surface area (Å²) in [6.45, 7) is 2.53. The number of aliphatic hydroxyl groups is 1. The molecule has 0 unspecified atom stereocenters. The molecule has 19 heavy (non-hydrogen) atoms. The van der Waals surface area contributed by atoms with E-state index in [9.17, 15) is 5.11 Å². The van der Waals surface area contributed by atoms with Crippen LogP contribution in [0.2, 0.25) is 0 Å². The van der Waals surface area contributed by atoms with Crippen LogP contribution >= 0.6 is 0 Å². The molecule has 0 spiro atoms. The Morgan fingerprint density at radius 3 is 3.05 bits per heavy atom. The van der Waals surface area contributed by atoms with Crippen molar-refractivity contribution < 1.29 is 9.84 Å². The van der Waals surface area contributed by atoms with Crippen molar-refractivity contribution in [1.29, 1.82) is 0 Å². The van der Waals surface area contributed by atoms with Crippen molar-refractivity contribution in [3.05, 3.63) is 29.8 Å². The molecule has 1 saturated heterocycles. The first-order valence-electron chi connectivity index (χ1n) is 7.31. The zero-order chi connectivity index (χ0) is 13.5. The van der Waals surface area contributed by atoms with Crippen LogP contribution in [0.3, 0.4) is 0 Å². The molecule has 1 aliphatic rings. The van der Waals surface area contributed by atoms with Crippen molar-refractivity contribution in [3.8, 4) is 5.75 Å². The maximum atomic E-state index is 9.39. The third kappa shape index (κ3) is 4.22. The SMILES string of the molecule is COc1cccc(CCCN2CCCC[C@@H]2CO)c1. The van der Waals surface area contributed by atoms with Crippen LogP contribution in [0.25, 0.3) is 0 Å². The smallest absolute Gasteiger partial charge is 0.119 e. The third-order valence-electron chi connectivity index (χ3n) is 4.00. The fourth-order valence-electron chi connectivity index (χ4n) is 2.88. The number of aryl methyl sites for hydroxylation is 1. The minimum atomic E-state index is 0.305. The lowest BCUT2D eigenvalue weighted by Crippen LogP contribution is -2.42. The maximum absolute atomic E-state index is 9.39. The summed E-state index contributed by atoms with van der Waals surface area (Å²) in [5, 5.41) is 9.39. The van der Waals surface area contributed by atoms with Gasteiger partial charge in [-0.3, -0.25) is 4.90 Å². The van der Waals surface area contributed by atoms with E-state index in [1.807, 2.05) is 12.1 Å². The number of aliphatic hydroxyl groups excluding tert-OH is 1. The number of rotatable bonds is 6. The van der Waals surface area contributed by atoms with E-state index in [0.717, 1.165) is 38.1 Å². The summed E-state index contributed by atoms with van der Waals surface area (Å²) in [5.74, 6) is 0.934. The number of methoxy groups -OCH3 is 1. The van der Waals surface area contributed by atoms with Crippen LogP contribution in [-0.2, 0) is 6.42 Å². The van der Waals surface area contributed by atoms with Crippen LogP contribution in [0.1, 0.15) is 31.2 Å². The highest BCUT2D eigenvalue weighted by atomic mass is 16.5. The average Bonchev–Trinajstić information content (AvgIpc) is 2.48. The van der Waals surface area contributed by atoms with Crippen molar-refractivity contribution in [2.75, 3.05) is 26.8 Å². The Bertz CT molecular complexity index is 381. The van der Waals surface area contributed by atoms with E-state index >= 15 is 0 Å². The Morgan fingerprint density at radius 2 is 2.26 bits per heavy atom. The zero-order valence-electron chi connectivity index (χ0n) is 11.8. The minimum absolute atomic E-state index is 0.305. The van der Waals surface area contributed by atoms with Gasteiger partial charge in [0.2, 0.25) is 0 Å². The normalized spacial score (nSPS) is 20.4. The maximum Gasteiger partial charge on any atom is 0.119 e. The number of piperidine rings is 1. The summed E-state index contributed by atoms with van der Waals surface area (Å²) in [7, 11) is 1.71. The summed E-state index contributed by atoms with van der Waals surface area (Å²) >= 11 is 0. The van der Waals surface area contributed by atoms with Gasteiger partial charge in [-0.15, -0.1) is 0 Å².